The van der Waals surface area contributed by atoms with Crippen molar-refractivity contribution < 1.29 is 19.1 Å². The van der Waals surface area contributed by atoms with Crippen molar-refractivity contribution in [1.29, 1.82) is 0 Å². The number of nitrogens with two attached hydrogens (primary N) is 2. The monoisotopic (exact) mass is 589 g/mol. The lowest BCUT2D eigenvalue weighted by Gasteiger charge is -2.35. The van der Waals surface area contributed by atoms with E-state index in [9.17, 15) is 14.4 Å². The second kappa shape index (κ2) is 13.7. The molecule has 1 fully saturated rings. The molecule has 2 atom stereocenters. The Hall–Kier alpha value is -4.38. The van der Waals surface area contributed by atoms with Crippen molar-refractivity contribution in [3.8, 4) is 0 Å². The molecular weight excluding hydrogens is 546 g/mol. The van der Waals surface area contributed by atoms with Gasteiger partial charge < -0.3 is 36.2 Å². The maximum Gasteiger partial charge on any atom is 0.410 e. The van der Waals surface area contributed by atoms with Crippen LogP contribution in [0.2, 0.25) is 0 Å². The maximum atomic E-state index is 13.6. The molecule has 5 N–H and O–H groups in total. The third-order valence-electron chi connectivity index (χ3n) is 8.04. The summed E-state index contributed by atoms with van der Waals surface area (Å²) in [5.74, 6) is -0.943. The number of amidine groups is 1. The molecule has 2 heterocycles. The molecule has 1 saturated heterocycles. The van der Waals surface area contributed by atoms with Crippen LogP contribution in [0.15, 0.2) is 76.9 Å². The summed E-state index contributed by atoms with van der Waals surface area (Å²) >= 11 is 0. The SMILES string of the molecule is CN(C)C[C@@H](NC(=O)N1CC(C(N)=NC(=O)[C@@H]2CCCN(C(=O)OCc3ccccc3)C2)=C(N)C1(C)C)c1ccccc1. The first-order valence-electron chi connectivity index (χ1n) is 14.6. The highest BCUT2D eigenvalue weighted by Crippen LogP contribution is 2.32. The molecule has 0 spiro atoms. The van der Waals surface area contributed by atoms with Gasteiger partial charge in [0.05, 0.1) is 24.0 Å². The largest absolute Gasteiger partial charge is 0.445 e. The number of likely N-dealkylation sites (N-methyl/N-ethyl adjacent to an activating group) is 1. The van der Waals surface area contributed by atoms with Crippen molar-refractivity contribution >= 4 is 23.9 Å². The van der Waals surface area contributed by atoms with E-state index < -0.39 is 23.5 Å². The van der Waals surface area contributed by atoms with E-state index in [0.29, 0.717) is 37.2 Å². The number of nitrogens with zero attached hydrogens (tertiary/aromatic N) is 4. The molecule has 11 nitrogen and oxygen atoms in total. The Morgan fingerprint density at radius 2 is 1.74 bits per heavy atom. The second-order valence-electron chi connectivity index (χ2n) is 11.9. The minimum absolute atomic E-state index is 0.0115. The van der Waals surface area contributed by atoms with E-state index in [2.05, 4.69) is 10.3 Å². The molecule has 2 aliphatic rings. The molecule has 0 radical (unpaired) electrons. The molecule has 0 saturated carbocycles. The molecule has 230 valence electrons. The number of urea groups is 1. The topological polar surface area (TPSA) is 147 Å². The standard InChI is InChI=1S/C32H43N7O4/c1-32(2)27(33)25(19-39(32)30(41)35-26(20-37(3)4)23-14-9-6-10-15-23)28(34)36-29(40)24-16-11-17-38(18-24)31(42)43-21-22-12-7-5-8-13-22/h5-10,12-15,24,26H,11,16-21,33H2,1-4H3,(H,35,41)(H2,34,36,40)/t24-,26-/m1/s1. The second-order valence-corrected chi connectivity index (χ2v) is 11.9. The molecule has 0 bridgehead atoms. The van der Waals surface area contributed by atoms with Crippen molar-refractivity contribution in [1.82, 2.24) is 20.0 Å². The van der Waals surface area contributed by atoms with Gasteiger partial charge in [0.2, 0.25) is 0 Å². The van der Waals surface area contributed by atoms with Crippen LogP contribution >= 0.6 is 0 Å². The van der Waals surface area contributed by atoms with Gasteiger partial charge >= 0.3 is 12.1 Å². The molecule has 0 aliphatic carbocycles. The van der Waals surface area contributed by atoms with Gasteiger partial charge in [0.25, 0.3) is 5.91 Å². The van der Waals surface area contributed by atoms with Crippen LogP contribution < -0.4 is 16.8 Å². The Balaban J connectivity index is 1.40. The molecule has 2 aliphatic heterocycles. The van der Waals surface area contributed by atoms with Crippen LogP contribution in [0.3, 0.4) is 0 Å². The van der Waals surface area contributed by atoms with E-state index in [0.717, 1.165) is 11.1 Å². The Morgan fingerprint density at radius 3 is 2.40 bits per heavy atom. The van der Waals surface area contributed by atoms with E-state index in [4.69, 9.17) is 16.2 Å². The highest BCUT2D eigenvalue weighted by molar-refractivity contribution is 6.06. The number of aliphatic imine (C=N–C) groups is 1. The Labute approximate surface area is 253 Å². The summed E-state index contributed by atoms with van der Waals surface area (Å²) in [4.78, 5) is 48.8. The van der Waals surface area contributed by atoms with Crippen LogP contribution in [-0.2, 0) is 16.1 Å². The van der Waals surface area contributed by atoms with Crippen molar-refractivity contribution in [3.63, 3.8) is 0 Å². The van der Waals surface area contributed by atoms with Gasteiger partial charge in [0.15, 0.2) is 0 Å². The number of nitrogens with one attached hydrogen (secondary N) is 1. The van der Waals surface area contributed by atoms with Crippen LogP contribution in [0, 0.1) is 5.92 Å². The van der Waals surface area contributed by atoms with Gasteiger partial charge in [-0.1, -0.05) is 60.7 Å². The summed E-state index contributed by atoms with van der Waals surface area (Å²) in [6.07, 6.45) is 0.764. The van der Waals surface area contributed by atoms with Gasteiger partial charge in [-0.3, -0.25) is 4.79 Å². The number of likely N-dealkylation sites (tertiary alicyclic amines) is 1. The lowest BCUT2D eigenvalue weighted by molar-refractivity contribution is -0.122. The highest BCUT2D eigenvalue weighted by atomic mass is 16.6. The van der Waals surface area contributed by atoms with E-state index in [1.54, 1.807) is 4.90 Å². The summed E-state index contributed by atoms with van der Waals surface area (Å²) < 4.78 is 5.45. The molecule has 2 aromatic rings. The van der Waals surface area contributed by atoms with Crippen LogP contribution in [0.5, 0.6) is 0 Å². The van der Waals surface area contributed by atoms with Gasteiger partial charge in [-0.2, -0.15) is 4.99 Å². The third kappa shape index (κ3) is 7.72. The molecule has 4 rings (SSSR count). The summed E-state index contributed by atoms with van der Waals surface area (Å²) in [6.45, 7) is 5.26. The van der Waals surface area contributed by atoms with E-state index >= 15 is 0 Å². The summed E-state index contributed by atoms with van der Waals surface area (Å²) in [5.41, 5.74) is 14.7. The van der Waals surface area contributed by atoms with Crippen LogP contribution in [0.1, 0.15) is 43.9 Å². The Bertz CT molecular complexity index is 1360. The number of carbonyl (C=O) groups is 3. The predicted octanol–water partition coefficient (Wildman–Crippen LogP) is 3.24. The first-order chi connectivity index (χ1) is 20.5. The molecule has 2 aromatic carbocycles. The first-order valence-corrected chi connectivity index (χ1v) is 14.6. The number of hydrogen-bond acceptors (Lipinski definition) is 6. The van der Waals surface area contributed by atoms with Crippen LogP contribution in [-0.4, -0.2) is 84.4 Å². The van der Waals surface area contributed by atoms with Gasteiger partial charge in [-0.05, 0) is 51.9 Å². The molecule has 0 aromatic heterocycles. The summed E-state index contributed by atoms with van der Waals surface area (Å²) in [7, 11) is 3.90. The number of hydrogen-bond donors (Lipinski definition) is 3. The number of ether oxygens (including phenoxy) is 1. The van der Waals surface area contributed by atoms with Crippen molar-refractivity contribution in [3.05, 3.63) is 83.1 Å². The fraction of sp³-hybridized carbons (Fsp3) is 0.438. The number of piperidine rings is 1. The highest BCUT2D eigenvalue weighted by Gasteiger charge is 2.43. The van der Waals surface area contributed by atoms with Gasteiger partial charge in [0.1, 0.15) is 12.4 Å². The zero-order valence-electron chi connectivity index (χ0n) is 25.5. The van der Waals surface area contributed by atoms with Crippen molar-refractivity contribution in [2.24, 2.45) is 22.4 Å². The fourth-order valence-corrected chi connectivity index (χ4v) is 5.44. The lowest BCUT2D eigenvalue weighted by atomic mass is 9.97. The molecule has 11 heteroatoms. The maximum absolute atomic E-state index is 13.6. The minimum atomic E-state index is -0.855. The van der Waals surface area contributed by atoms with Crippen LogP contribution in [0.25, 0.3) is 0 Å². The molecule has 43 heavy (non-hydrogen) atoms. The predicted molar refractivity (Wildman–Crippen MR) is 166 cm³/mol. The zero-order chi connectivity index (χ0) is 31.1. The number of rotatable bonds is 8. The summed E-state index contributed by atoms with van der Waals surface area (Å²) in [6, 6.07) is 18.7. The zero-order valence-corrected chi connectivity index (χ0v) is 25.5. The van der Waals surface area contributed by atoms with E-state index in [1.165, 1.54) is 4.90 Å². The van der Waals surface area contributed by atoms with E-state index in [1.807, 2.05) is 93.5 Å². The number of benzene rings is 2. The van der Waals surface area contributed by atoms with Gasteiger partial charge in [0, 0.05) is 30.9 Å². The van der Waals surface area contributed by atoms with Crippen molar-refractivity contribution in [2.45, 2.75) is 44.9 Å². The Morgan fingerprint density at radius 1 is 1.09 bits per heavy atom. The average Bonchev–Trinajstić information content (AvgIpc) is 3.24. The van der Waals surface area contributed by atoms with E-state index in [-0.39, 0.29) is 37.6 Å². The van der Waals surface area contributed by atoms with Gasteiger partial charge in [-0.25, -0.2) is 9.59 Å². The molecule has 0 unspecified atom stereocenters. The fourth-order valence-electron chi connectivity index (χ4n) is 5.44. The first kappa shape index (κ1) is 31.6. The quantitative estimate of drug-likeness (QED) is 0.316. The smallest absolute Gasteiger partial charge is 0.410 e. The Kier molecular flexibility index (Phi) is 10.1. The third-order valence-corrected chi connectivity index (χ3v) is 8.04. The average molecular weight is 590 g/mol. The molecule has 4 amide bonds. The van der Waals surface area contributed by atoms with Crippen LogP contribution in [0.4, 0.5) is 9.59 Å². The lowest BCUT2D eigenvalue weighted by Crippen LogP contribution is -2.52. The van der Waals surface area contributed by atoms with Gasteiger partial charge in [-0.15, -0.1) is 0 Å². The molecular formula is C32H43N7O4. The minimum Gasteiger partial charge on any atom is -0.445 e. The van der Waals surface area contributed by atoms with Crippen molar-refractivity contribution in [2.75, 3.05) is 40.3 Å². The number of amides is 4. The number of carbonyl (C=O) groups excluding carboxylic acids is 3. The summed E-state index contributed by atoms with van der Waals surface area (Å²) in [5, 5.41) is 3.14. The normalized spacial score (nSPS) is 19.4.